The van der Waals surface area contributed by atoms with Crippen LogP contribution in [0.3, 0.4) is 0 Å². The Hall–Kier alpha value is -1.52. The molecule has 4 nitrogen and oxygen atoms in total. The van der Waals surface area contributed by atoms with Gasteiger partial charge in [0.15, 0.2) is 0 Å². The molecule has 1 aliphatic rings. The van der Waals surface area contributed by atoms with Crippen LogP contribution < -0.4 is 5.32 Å². The summed E-state index contributed by atoms with van der Waals surface area (Å²) in [6, 6.07) is 5.05. The van der Waals surface area contributed by atoms with Gasteiger partial charge in [-0.1, -0.05) is 43.1 Å². The van der Waals surface area contributed by atoms with E-state index in [2.05, 4.69) is 5.32 Å². The highest BCUT2D eigenvalue weighted by Gasteiger charge is 2.33. The number of halogens is 2. The highest BCUT2D eigenvalue weighted by atomic mass is 35.5. The van der Waals surface area contributed by atoms with Crippen molar-refractivity contribution in [3.8, 4) is 0 Å². The summed E-state index contributed by atoms with van der Waals surface area (Å²) in [5.41, 5.74) is 1.64. The first-order chi connectivity index (χ1) is 10.8. The van der Waals surface area contributed by atoms with E-state index in [4.69, 9.17) is 27.9 Å². The van der Waals surface area contributed by atoms with Crippen molar-refractivity contribution in [3.05, 3.63) is 45.1 Å². The van der Waals surface area contributed by atoms with E-state index in [1.54, 1.807) is 25.1 Å². The van der Waals surface area contributed by atoms with Crippen LogP contribution in [0.15, 0.2) is 29.5 Å². The number of esters is 1. The molecule has 1 heterocycles. The first-order valence-corrected chi connectivity index (χ1v) is 8.18. The Morgan fingerprint density at radius 2 is 2.09 bits per heavy atom. The number of amides is 1. The number of hydrogen-bond donors (Lipinski definition) is 1. The van der Waals surface area contributed by atoms with Gasteiger partial charge in [-0.25, -0.2) is 4.79 Å². The molecule has 0 radical (unpaired) electrons. The molecule has 2 rings (SSSR count). The molecule has 0 saturated carbocycles. The largest absolute Gasteiger partial charge is 0.462 e. The van der Waals surface area contributed by atoms with Crippen LogP contribution in [-0.2, 0) is 14.3 Å². The summed E-state index contributed by atoms with van der Waals surface area (Å²) < 4.78 is 5.35. The van der Waals surface area contributed by atoms with Crippen molar-refractivity contribution < 1.29 is 14.3 Å². The first-order valence-electron chi connectivity index (χ1n) is 7.42. The Morgan fingerprint density at radius 1 is 1.39 bits per heavy atom. The monoisotopic (exact) mass is 355 g/mol. The molecular formula is C17H19Cl2NO3. The van der Waals surface area contributed by atoms with Crippen LogP contribution in [0.4, 0.5) is 0 Å². The van der Waals surface area contributed by atoms with Crippen molar-refractivity contribution in [2.75, 3.05) is 6.61 Å². The Bertz CT molecular complexity index is 668. The molecular weight excluding hydrogens is 337 g/mol. The van der Waals surface area contributed by atoms with E-state index in [9.17, 15) is 9.59 Å². The molecule has 1 amide bonds. The molecule has 23 heavy (non-hydrogen) atoms. The normalized spacial score (nSPS) is 18.2. The molecule has 0 unspecified atom stereocenters. The zero-order chi connectivity index (χ0) is 17.1. The van der Waals surface area contributed by atoms with Gasteiger partial charge >= 0.3 is 5.97 Å². The minimum Gasteiger partial charge on any atom is -0.462 e. The molecule has 0 fully saturated rings. The SMILES string of the molecule is CC1=C(C(=O)OCC(C)C)[C@@H](c2ccc(Cl)cc2Cl)CC(=O)N1. The lowest BCUT2D eigenvalue weighted by molar-refractivity contribution is -0.140. The van der Waals surface area contributed by atoms with Crippen molar-refractivity contribution >= 4 is 35.1 Å². The van der Waals surface area contributed by atoms with E-state index in [1.807, 2.05) is 13.8 Å². The smallest absolute Gasteiger partial charge is 0.336 e. The fourth-order valence-corrected chi connectivity index (χ4v) is 3.08. The number of benzene rings is 1. The number of carbonyl (C=O) groups is 2. The lowest BCUT2D eigenvalue weighted by Crippen LogP contribution is -2.34. The average Bonchev–Trinajstić information content (AvgIpc) is 2.44. The van der Waals surface area contributed by atoms with Crippen LogP contribution in [0.2, 0.25) is 10.0 Å². The van der Waals surface area contributed by atoms with E-state index >= 15 is 0 Å². The van der Waals surface area contributed by atoms with Gasteiger partial charge in [0.25, 0.3) is 0 Å². The second kappa shape index (κ2) is 7.37. The minimum atomic E-state index is -0.437. The van der Waals surface area contributed by atoms with Gasteiger partial charge in [-0.3, -0.25) is 4.79 Å². The molecule has 0 spiro atoms. The third-order valence-electron chi connectivity index (χ3n) is 3.57. The number of nitrogens with one attached hydrogen (secondary N) is 1. The second-order valence-corrected chi connectivity index (χ2v) is 6.85. The molecule has 1 N–H and O–H groups in total. The number of allylic oxidation sites excluding steroid dienone is 1. The topological polar surface area (TPSA) is 55.4 Å². The van der Waals surface area contributed by atoms with Crippen molar-refractivity contribution in [2.24, 2.45) is 5.92 Å². The predicted molar refractivity (Wildman–Crippen MR) is 90.5 cm³/mol. The van der Waals surface area contributed by atoms with E-state index in [-0.39, 0.29) is 18.2 Å². The zero-order valence-corrected chi connectivity index (χ0v) is 14.8. The fourth-order valence-electron chi connectivity index (χ4n) is 2.54. The molecule has 1 aromatic carbocycles. The summed E-state index contributed by atoms with van der Waals surface area (Å²) in [6.07, 6.45) is 0.144. The van der Waals surface area contributed by atoms with Crippen molar-refractivity contribution in [2.45, 2.75) is 33.1 Å². The highest BCUT2D eigenvalue weighted by molar-refractivity contribution is 6.35. The first kappa shape index (κ1) is 17.8. The van der Waals surface area contributed by atoms with Gasteiger partial charge in [0.2, 0.25) is 5.91 Å². The maximum atomic E-state index is 12.5. The lowest BCUT2D eigenvalue weighted by Gasteiger charge is -2.27. The maximum Gasteiger partial charge on any atom is 0.336 e. The Kier molecular flexibility index (Phi) is 5.71. The van der Waals surface area contributed by atoms with Gasteiger partial charge in [0.05, 0.1) is 12.2 Å². The maximum absolute atomic E-state index is 12.5. The average molecular weight is 356 g/mol. The molecule has 0 saturated heterocycles. The van der Waals surface area contributed by atoms with Crippen LogP contribution >= 0.6 is 23.2 Å². The summed E-state index contributed by atoms with van der Waals surface area (Å²) in [6.45, 7) is 5.94. The van der Waals surface area contributed by atoms with E-state index in [0.29, 0.717) is 33.5 Å². The third-order valence-corrected chi connectivity index (χ3v) is 4.14. The van der Waals surface area contributed by atoms with Crippen molar-refractivity contribution in [3.63, 3.8) is 0 Å². The van der Waals surface area contributed by atoms with Crippen LogP contribution in [-0.4, -0.2) is 18.5 Å². The second-order valence-electron chi connectivity index (χ2n) is 6.00. The Morgan fingerprint density at radius 3 is 2.70 bits per heavy atom. The van der Waals surface area contributed by atoms with E-state index < -0.39 is 11.9 Å². The van der Waals surface area contributed by atoms with Crippen LogP contribution in [0.1, 0.15) is 38.7 Å². The molecule has 1 atom stereocenters. The van der Waals surface area contributed by atoms with Gasteiger partial charge in [0.1, 0.15) is 0 Å². The minimum absolute atomic E-state index is 0.144. The molecule has 6 heteroatoms. The highest BCUT2D eigenvalue weighted by Crippen LogP contribution is 2.38. The standard InChI is InChI=1S/C17H19Cl2NO3/c1-9(2)8-23-17(22)16-10(3)20-15(21)7-13(16)12-5-4-11(18)6-14(12)19/h4-6,9,13H,7-8H2,1-3H3,(H,20,21)/t13-/m1/s1. The number of carbonyl (C=O) groups excluding carboxylic acids is 2. The summed E-state index contributed by atoms with van der Waals surface area (Å²) in [4.78, 5) is 24.4. The predicted octanol–water partition coefficient (Wildman–Crippen LogP) is 4.07. The Balaban J connectivity index is 2.40. The summed E-state index contributed by atoms with van der Waals surface area (Å²) in [5.74, 6) is -0.782. The van der Waals surface area contributed by atoms with Gasteiger partial charge in [-0.15, -0.1) is 0 Å². The number of ether oxygens (including phenoxy) is 1. The fraction of sp³-hybridized carbons (Fsp3) is 0.412. The quantitative estimate of drug-likeness (QED) is 0.828. The third kappa shape index (κ3) is 4.27. The number of rotatable bonds is 4. The van der Waals surface area contributed by atoms with Crippen LogP contribution in [0.5, 0.6) is 0 Å². The number of hydrogen-bond acceptors (Lipinski definition) is 3. The van der Waals surface area contributed by atoms with Crippen LogP contribution in [0.25, 0.3) is 0 Å². The molecule has 1 aromatic rings. The molecule has 0 aromatic heterocycles. The summed E-state index contributed by atoms with van der Waals surface area (Å²) in [7, 11) is 0. The van der Waals surface area contributed by atoms with Gasteiger partial charge in [0, 0.05) is 28.1 Å². The lowest BCUT2D eigenvalue weighted by atomic mass is 9.84. The van der Waals surface area contributed by atoms with Crippen LogP contribution in [0, 0.1) is 5.92 Å². The molecule has 1 aliphatic heterocycles. The van der Waals surface area contributed by atoms with Gasteiger partial charge in [-0.2, -0.15) is 0 Å². The summed E-state index contributed by atoms with van der Waals surface area (Å²) in [5, 5.41) is 3.63. The van der Waals surface area contributed by atoms with E-state index in [0.717, 1.165) is 0 Å². The Labute approximate surface area is 145 Å². The van der Waals surface area contributed by atoms with E-state index in [1.165, 1.54) is 0 Å². The summed E-state index contributed by atoms with van der Waals surface area (Å²) >= 11 is 12.2. The van der Waals surface area contributed by atoms with Crippen molar-refractivity contribution in [1.82, 2.24) is 5.32 Å². The van der Waals surface area contributed by atoms with Gasteiger partial charge < -0.3 is 10.1 Å². The molecule has 124 valence electrons. The molecule has 0 bridgehead atoms. The van der Waals surface area contributed by atoms with Gasteiger partial charge in [-0.05, 0) is 30.5 Å². The zero-order valence-electron chi connectivity index (χ0n) is 13.3. The molecule has 0 aliphatic carbocycles. The van der Waals surface area contributed by atoms with Crippen molar-refractivity contribution in [1.29, 1.82) is 0 Å².